The maximum Gasteiger partial charge on any atom is 0.228 e. The first kappa shape index (κ1) is 16.0. The minimum Gasteiger partial charge on any atom is -0.339 e. The molecule has 1 aliphatic rings. The number of hydrogen-bond acceptors (Lipinski definition) is 3. The molecule has 116 valence electrons. The van der Waals surface area contributed by atoms with E-state index in [2.05, 4.69) is 31.1 Å². The SMILES string of the molecule is CC(c1ccncc1)N(C)C(=O)C(C)(C)C1CCCNC1. The molecular weight excluding hydrogens is 262 g/mol. The van der Waals surface area contributed by atoms with E-state index in [0.717, 1.165) is 31.5 Å². The van der Waals surface area contributed by atoms with Crippen LogP contribution < -0.4 is 5.32 Å². The zero-order valence-corrected chi connectivity index (χ0v) is 13.6. The molecule has 2 rings (SSSR count). The van der Waals surface area contributed by atoms with Gasteiger partial charge in [-0.2, -0.15) is 0 Å². The van der Waals surface area contributed by atoms with Gasteiger partial charge in [-0.05, 0) is 56.5 Å². The van der Waals surface area contributed by atoms with Gasteiger partial charge in [-0.3, -0.25) is 9.78 Å². The van der Waals surface area contributed by atoms with E-state index in [9.17, 15) is 4.79 Å². The van der Waals surface area contributed by atoms with Gasteiger partial charge in [0.15, 0.2) is 0 Å². The van der Waals surface area contributed by atoms with Crippen LogP contribution >= 0.6 is 0 Å². The van der Waals surface area contributed by atoms with Crippen molar-refractivity contribution in [2.45, 2.75) is 39.7 Å². The lowest BCUT2D eigenvalue weighted by Crippen LogP contribution is -2.48. The third-order valence-electron chi connectivity index (χ3n) is 4.96. The molecule has 4 heteroatoms. The largest absolute Gasteiger partial charge is 0.339 e. The number of carbonyl (C=O) groups is 1. The molecule has 4 nitrogen and oxygen atoms in total. The molecule has 21 heavy (non-hydrogen) atoms. The van der Waals surface area contributed by atoms with E-state index in [4.69, 9.17) is 0 Å². The van der Waals surface area contributed by atoms with Crippen LogP contribution in [-0.2, 0) is 4.79 Å². The lowest BCUT2D eigenvalue weighted by Gasteiger charge is -2.40. The molecule has 0 radical (unpaired) electrons. The number of amides is 1. The van der Waals surface area contributed by atoms with Gasteiger partial charge < -0.3 is 10.2 Å². The molecule has 0 aliphatic carbocycles. The second-order valence-corrected chi connectivity index (χ2v) is 6.64. The molecule has 0 bridgehead atoms. The summed E-state index contributed by atoms with van der Waals surface area (Å²) in [6, 6.07) is 4.02. The Morgan fingerprint density at radius 3 is 2.67 bits per heavy atom. The predicted molar refractivity (Wildman–Crippen MR) is 84.8 cm³/mol. The molecule has 1 amide bonds. The van der Waals surface area contributed by atoms with E-state index < -0.39 is 0 Å². The second-order valence-electron chi connectivity index (χ2n) is 6.64. The Kier molecular flexibility index (Phi) is 4.99. The molecule has 0 spiro atoms. The van der Waals surface area contributed by atoms with Gasteiger partial charge >= 0.3 is 0 Å². The van der Waals surface area contributed by atoms with Gasteiger partial charge in [-0.25, -0.2) is 0 Å². The van der Waals surface area contributed by atoms with Crippen LogP contribution in [0.15, 0.2) is 24.5 Å². The normalized spacial score (nSPS) is 20.9. The lowest BCUT2D eigenvalue weighted by molar-refractivity contribution is -0.144. The van der Waals surface area contributed by atoms with E-state index in [0.29, 0.717) is 5.92 Å². The summed E-state index contributed by atoms with van der Waals surface area (Å²) in [6.07, 6.45) is 5.84. The molecule has 2 atom stereocenters. The Hall–Kier alpha value is -1.42. The van der Waals surface area contributed by atoms with Gasteiger partial charge in [-0.1, -0.05) is 13.8 Å². The number of rotatable bonds is 4. The number of aromatic nitrogens is 1. The number of nitrogens with one attached hydrogen (secondary N) is 1. The van der Waals surface area contributed by atoms with E-state index in [-0.39, 0.29) is 17.4 Å². The summed E-state index contributed by atoms with van der Waals surface area (Å²) in [5.41, 5.74) is 0.794. The van der Waals surface area contributed by atoms with Gasteiger partial charge in [0.1, 0.15) is 0 Å². The van der Waals surface area contributed by atoms with Crippen molar-refractivity contribution < 1.29 is 4.79 Å². The minimum absolute atomic E-state index is 0.0660. The number of hydrogen-bond donors (Lipinski definition) is 1. The van der Waals surface area contributed by atoms with Gasteiger partial charge in [0.2, 0.25) is 5.91 Å². The second kappa shape index (κ2) is 6.56. The van der Waals surface area contributed by atoms with Crippen molar-refractivity contribution in [3.63, 3.8) is 0 Å². The molecule has 1 fully saturated rings. The summed E-state index contributed by atoms with van der Waals surface area (Å²) >= 11 is 0. The number of piperidine rings is 1. The number of nitrogens with zero attached hydrogens (tertiary/aromatic N) is 2. The van der Waals surface area contributed by atoms with Crippen LogP contribution in [0.4, 0.5) is 0 Å². The van der Waals surface area contributed by atoms with Crippen molar-refractivity contribution in [1.29, 1.82) is 0 Å². The first-order valence-corrected chi connectivity index (χ1v) is 7.82. The van der Waals surface area contributed by atoms with Crippen LogP contribution in [0.2, 0.25) is 0 Å². The molecule has 1 aliphatic heterocycles. The molecule has 0 saturated carbocycles. The topological polar surface area (TPSA) is 45.2 Å². The Morgan fingerprint density at radius 1 is 1.43 bits per heavy atom. The molecule has 1 aromatic heterocycles. The summed E-state index contributed by atoms with van der Waals surface area (Å²) in [6.45, 7) is 8.26. The van der Waals surface area contributed by atoms with Gasteiger partial charge in [0.05, 0.1) is 6.04 Å². The minimum atomic E-state index is -0.330. The molecule has 0 aromatic carbocycles. The standard InChI is InChI=1S/C17H27N3O/c1-13(14-7-10-18-11-8-14)20(4)16(21)17(2,3)15-6-5-9-19-12-15/h7-8,10-11,13,15,19H,5-6,9,12H2,1-4H3. The monoisotopic (exact) mass is 289 g/mol. The van der Waals surface area contributed by atoms with Gasteiger partial charge in [0.25, 0.3) is 0 Å². The molecule has 2 unspecified atom stereocenters. The van der Waals surface area contributed by atoms with E-state index in [1.54, 1.807) is 12.4 Å². The predicted octanol–water partition coefficient (Wildman–Crippen LogP) is 2.63. The summed E-state index contributed by atoms with van der Waals surface area (Å²) in [5, 5.41) is 3.42. The highest BCUT2D eigenvalue weighted by atomic mass is 16.2. The third kappa shape index (κ3) is 3.43. The smallest absolute Gasteiger partial charge is 0.228 e. The number of pyridine rings is 1. The van der Waals surface area contributed by atoms with Gasteiger partial charge in [-0.15, -0.1) is 0 Å². The van der Waals surface area contributed by atoms with E-state index in [1.807, 2.05) is 24.1 Å². The van der Waals surface area contributed by atoms with Crippen LogP contribution in [0, 0.1) is 11.3 Å². The van der Waals surface area contributed by atoms with Crippen LogP contribution in [-0.4, -0.2) is 35.9 Å². The van der Waals surface area contributed by atoms with Crippen molar-refractivity contribution in [3.8, 4) is 0 Å². The Balaban J connectivity index is 2.10. The summed E-state index contributed by atoms with van der Waals surface area (Å²) in [4.78, 5) is 18.9. The van der Waals surface area contributed by atoms with E-state index in [1.165, 1.54) is 0 Å². The van der Waals surface area contributed by atoms with E-state index >= 15 is 0 Å². The maximum absolute atomic E-state index is 13.0. The fourth-order valence-electron chi connectivity index (χ4n) is 3.14. The molecule has 2 heterocycles. The lowest BCUT2D eigenvalue weighted by atomic mass is 9.74. The van der Waals surface area contributed by atoms with Crippen molar-refractivity contribution in [3.05, 3.63) is 30.1 Å². The van der Waals surface area contributed by atoms with Gasteiger partial charge in [0, 0.05) is 24.9 Å². The average Bonchev–Trinajstić information content (AvgIpc) is 2.54. The van der Waals surface area contributed by atoms with Crippen LogP contribution in [0.5, 0.6) is 0 Å². The Bertz CT molecular complexity index is 466. The summed E-state index contributed by atoms with van der Waals surface area (Å²) in [7, 11) is 1.91. The third-order valence-corrected chi connectivity index (χ3v) is 4.96. The van der Waals surface area contributed by atoms with Crippen LogP contribution in [0.3, 0.4) is 0 Å². The average molecular weight is 289 g/mol. The Labute approximate surface area is 127 Å². The Morgan fingerprint density at radius 2 is 2.10 bits per heavy atom. The first-order chi connectivity index (χ1) is 9.94. The first-order valence-electron chi connectivity index (χ1n) is 7.82. The summed E-state index contributed by atoms with van der Waals surface area (Å²) in [5.74, 6) is 0.631. The zero-order valence-electron chi connectivity index (χ0n) is 13.6. The molecular formula is C17H27N3O. The number of carbonyl (C=O) groups excluding carboxylic acids is 1. The zero-order chi connectivity index (χ0) is 15.5. The highest BCUT2D eigenvalue weighted by molar-refractivity contribution is 5.82. The summed E-state index contributed by atoms with van der Waals surface area (Å²) < 4.78 is 0. The molecule has 1 N–H and O–H groups in total. The van der Waals surface area contributed by atoms with Crippen molar-refractivity contribution in [2.24, 2.45) is 11.3 Å². The fraction of sp³-hybridized carbons (Fsp3) is 0.647. The van der Waals surface area contributed by atoms with Crippen molar-refractivity contribution >= 4 is 5.91 Å². The van der Waals surface area contributed by atoms with Crippen LogP contribution in [0.25, 0.3) is 0 Å². The fourth-order valence-corrected chi connectivity index (χ4v) is 3.14. The molecule has 1 saturated heterocycles. The highest BCUT2D eigenvalue weighted by Gasteiger charge is 2.40. The quantitative estimate of drug-likeness (QED) is 0.927. The maximum atomic E-state index is 13.0. The molecule has 1 aromatic rings. The van der Waals surface area contributed by atoms with Crippen molar-refractivity contribution in [2.75, 3.05) is 20.1 Å². The highest BCUT2D eigenvalue weighted by Crippen LogP contribution is 2.35. The van der Waals surface area contributed by atoms with Crippen LogP contribution in [0.1, 0.15) is 45.2 Å². The van der Waals surface area contributed by atoms with Crippen molar-refractivity contribution in [1.82, 2.24) is 15.2 Å².